The van der Waals surface area contributed by atoms with Gasteiger partial charge in [0.15, 0.2) is 0 Å². The van der Waals surface area contributed by atoms with Crippen LogP contribution >= 0.6 is 15.9 Å². The molecule has 0 aliphatic carbocycles. The molecule has 0 bridgehead atoms. The highest BCUT2D eigenvalue weighted by atomic mass is 79.9. The minimum absolute atomic E-state index is 0.353. The summed E-state index contributed by atoms with van der Waals surface area (Å²) in [5.41, 5.74) is 1.28. The molecule has 1 atom stereocenters. The number of piperidine rings is 1. The second-order valence-electron chi connectivity index (χ2n) is 5.71. The van der Waals surface area contributed by atoms with Gasteiger partial charge in [-0.15, -0.1) is 0 Å². The van der Waals surface area contributed by atoms with Crippen molar-refractivity contribution in [2.24, 2.45) is 0 Å². The first-order chi connectivity index (χ1) is 10.2. The van der Waals surface area contributed by atoms with Crippen molar-refractivity contribution in [3.05, 3.63) is 28.2 Å². The van der Waals surface area contributed by atoms with Gasteiger partial charge in [0.25, 0.3) is 0 Å². The molecule has 21 heavy (non-hydrogen) atoms. The Morgan fingerprint density at radius 3 is 2.71 bits per heavy atom. The van der Waals surface area contributed by atoms with Gasteiger partial charge in [0.2, 0.25) is 0 Å². The third-order valence-electron chi connectivity index (χ3n) is 4.07. The third kappa shape index (κ3) is 5.28. The monoisotopic (exact) mass is 354 g/mol. The van der Waals surface area contributed by atoms with Gasteiger partial charge in [-0.1, -0.05) is 35.3 Å². The molecular formula is C17H27BrN2O. The highest BCUT2D eigenvalue weighted by Gasteiger charge is 2.11. The van der Waals surface area contributed by atoms with Crippen LogP contribution in [0.4, 0.5) is 0 Å². The van der Waals surface area contributed by atoms with E-state index in [0.717, 1.165) is 29.9 Å². The molecule has 1 aliphatic heterocycles. The van der Waals surface area contributed by atoms with Crippen LogP contribution in [0.2, 0.25) is 0 Å². The quantitative estimate of drug-likeness (QED) is 0.801. The van der Waals surface area contributed by atoms with E-state index in [1.165, 1.54) is 37.9 Å². The molecule has 1 unspecified atom stereocenters. The highest BCUT2D eigenvalue weighted by Crippen LogP contribution is 2.27. The molecule has 1 aromatic carbocycles. The van der Waals surface area contributed by atoms with Crippen LogP contribution in [-0.4, -0.2) is 37.7 Å². The maximum Gasteiger partial charge on any atom is 0.120 e. The van der Waals surface area contributed by atoms with E-state index in [1.54, 1.807) is 0 Å². The minimum Gasteiger partial charge on any atom is -0.492 e. The molecule has 0 amide bonds. The van der Waals surface area contributed by atoms with Gasteiger partial charge in [-0.25, -0.2) is 0 Å². The predicted octanol–water partition coefficient (Wildman–Crippen LogP) is 3.98. The fourth-order valence-electron chi connectivity index (χ4n) is 2.84. The summed E-state index contributed by atoms with van der Waals surface area (Å²) in [6.07, 6.45) is 4.06. The van der Waals surface area contributed by atoms with Crippen LogP contribution in [0, 0.1) is 0 Å². The van der Waals surface area contributed by atoms with Crippen molar-refractivity contribution >= 4 is 15.9 Å². The van der Waals surface area contributed by atoms with E-state index in [4.69, 9.17) is 4.74 Å². The number of nitrogens with one attached hydrogen (secondary N) is 1. The number of hydrogen-bond acceptors (Lipinski definition) is 3. The van der Waals surface area contributed by atoms with Crippen molar-refractivity contribution in [2.45, 2.75) is 39.2 Å². The van der Waals surface area contributed by atoms with Gasteiger partial charge in [-0.2, -0.15) is 0 Å². The second kappa shape index (κ2) is 8.76. The Kier molecular flexibility index (Phi) is 7.00. The first-order valence-corrected chi connectivity index (χ1v) is 8.88. The van der Waals surface area contributed by atoms with Gasteiger partial charge in [-0.3, -0.25) is 4.90 Å². The average molecular weight is 355 g/mol. The lowest BCUT2D eigenvalue weighted by atomic mass is 10.1. The number of nitrogens with zero attached hydrogens (tertiary/aromatic N) is 1. The largest absolute Gasteiger partial charge is 0.492 e. The Balaban J connectivity index is 1.82. The van der Waals surface area contributed by atoms with E-state index in [2.05, 4.69) is 58.2 Å². The van der Waals surface area contributed by atoms with Crippen molar-refractivity contribution in [1.29, 1.82) is 0 Å². The maximum atomic E-state index is 5.89. The Hall–Kier alpha value is -0.580. The lowest BCUT2D eigenvalue weighted by molar-refractivity contribution is 0.183. The molecule has 1 aromatic rings. The van der Waals surface area contributed by atoms with Crippen molar-refractivity contribution in [1.82, 2.24) is 10.2 Å². The molecule has 3 nitrogen and oxygen atoms in total. The lowest BCUT2D eigenvalue weighted by Crippen LogP contribution is -2.33. The summed E-state index contributed by atoms with van der Waals surface area (Å²) in [4.78, 5) is 2.50. The van der Waals surface area contributed by atoms with Crippen LogP contribution < -0.4 is 10.1 Å². The maximum absolute atomic E-state index is 5.89. The number of ether oxygens (including phenoxy) is 1. The van der Waals surface area contributed by atoms with E-state index in [0.29, 0.717) is 6.04 Å². The summed E-state index contributed by atoms with van der Waals surface area (Å²) >= 11 is 3.66. The summed E-state index contributed by atoms with van der Waals surface area (Å²) in [6.45, 7) is 9.55. The van der Waals surface area contributed by atoms with Crippen LogP contribution in [0.5, 0.6) is 5.75 Å². The number of likely N-dealkylation sites (tertiary alicyclic amines) is 1. The van der Waals surface area contributed by atoms with E-state index in [1.807, 2.05) is 0 Å². The molecule has 1 aliphatic rings. The molecule has 0 radical (unpaired) electrons. The summed E-state index contributed by atoms with van der Waals surface area (Å²) in [5.74, 6) is 0.950. The second-order valence-corrected chi connectivity index (χ2v) is 6.57. The number of rotatable bonds is 7. The Morgan fingerprint density at radius 1 is 1.29 bits per heavy atom. The molecule has 118 valence electrons. The zero-order valence-corrected chi connectivity index (χ0v) is 14.8. The van der Waals surface area contributed by atoms with Crippen molar-refractivity contribution in [2.75, 3.05) is 32.8 Å². The first kappa shape index (κ1) is 16.8. The summed E-state index contributed by atoms with van der Waals surface area (Å²) in [7, 11) is 0. The van der Waals surface area contributed by atoms with Gasteiger partial charge >= 0.3 is 0 Å². The van der Waals surface area contributed by atoms with Crippen molar-refractivity contribution in [3.63, 3.8) is 0 Å². The molecule has 0 saturated carbocycles. The molecule has 2 rings (SSSR count). The van der Waals surface area contributed by atoms with Gasteiger partial charge in [0, 0.05) is 17.1 Å². The fourth-order valence-corrected chi connectivity index (χ4v) is 3.54. The number of halogens is 1. The Morgan fingerprint density at radius 2 is 2.05 bits per heavy atom. The average Bonchev–Trinajstić information content (AvgIpc) is 2.48. The lowest BCUT2D eigenvalue weighted by Gasteiger charge is -2.26. The third-order valence-corrected chi connectivity index (χ3v) is 4.76. The summed E-state index contributed by atoms with van der Waals surface area (Å²) in [5, 5.41) is 3.43. The normalized spacial score (nSPS) is 17.7. The van der Waals surface area contributed by atoms with E-state index in [-0.39, 0.29) is 0 Å². The minimum atomic E-state index is 0.353. The van der Waals surface area contributed by atoms with Gasteiger partial charge in [-0.05, 0) is 57.1 Å². The molecule has 1 N–H and O–H groups in total. The predicted molar refractivity (Wildman–Crippen MR) is 92.0 cm³/mol. The summed E-state index contributed by atoms with van der Waals surface area (Å²) < 4.78 is 7.01. The molecule has 1 heterocycles. The van der Waals surface area contributed by atoms with Crippen molar-refractivity contribution < 1.29 is 4.74 Å². The zero-order chi connectivity index (χ0) is 15.1. The molecule has 4 heteroatoms. The standard InChI is InChI=1S/C17H27BrN2O/c1-3-19-14(2)16-8-7-15(13-17(16)18)21-12-11-20-9-5-4-6-10-20/h7-8,13-14,19H,3-6,9-12H2,1-2H3. The van der Waals surface area contributed by atoms with Crippen LogP contribution in [0.3, 0.4) is 0 Å². The highest BCUT2D eigenvalue weighted by molar-refractivity contribution is 9.10. The van der Waals surface area contributed by atoms with Crippen molar-refractivity contribution in [3.8, 4) is 5.75 Å². The smallest absolute Gasteiger partial charge is 0.120 e. The summed E-state index contributed by atoms with van der Waals surface area (Å²) in [6, 6.07) is 6.66. The molecular weight excluding hydrogens is 328 g/mol. The van der Waals surface area contributed by atoms with E-state index < -0.39 is 0 Å². The SMILES string of the molecule is CCNC(C)c1ccc(OCCN2CCCCC2)cc1Br. The number of hydrogen-bond donors (Lipinski definition) is 1. The molecule has 0 spiro atoms. The topological polar surface area (TPSA) is 24.5 Å². The zero-order valence-electron chi connectivity index (χ0n) is 13.2. The Bertz CT molecular complexity index is 433. The van der Waals surface area contributed by atoms with Crippen LogP contribution in [0.1, 0.15) is 44.7 Å². The number of benzene rings is 1. The van der Waals surface area contributed by atoms with Gasteiger partial charge in [0.05, 0.1) is 0 Å². The molecule has 1 saturated heterocycles. The Labute approximate surface area is 137 Å². The van der Waals surface area contributed by atoms with Gasteiger partial charge < -0.3 is 10.1 Å². The molecule has 0 aromatic heterocycles. The van der Waals surface area contributed by atoms with Crippen LogP contribution in [0.25, 0.3) is 0 Å². The molecule has 1 fully saturated rings. The first-order valence-electron chi connectivity index (χ1n) is 8.08. The van der Waals surface area contributed by atoms with E-state index >= 15 is 0 Å². The van der Waals surface area contributed by atoms with Gasteiger partial charge in [0.1, 0.15) is 12.4 Å². The fraction of sp³-hybridized carbons (Fsp3) is 0.647. The van der Waals surface area contributed by atoms with Crippen LogP contribution in [0.15, 0.2) is 22.7 Å². The van der Waals surface area contributed by atoms with Crippen LogP contribution in [-0.2, 0) is 0 Å². The van der Waals surface area contributed by atoms with E-state index in [9.17, 15) is 0 Å².